The summed E-state index contributed by atoms with van der Waals surface area (Å²) < 4.78 is 11.0. The minimum atomic E-state index is 0.343. The highest BCUT2D eigenvalue weighted by Gasteiger charge is 2.08. The molecular weight excluding hydrogens is 252 g/mol. The van der Waals surface area contributed by atoms with E-state index in [1.54, 1.807) is 0 Å². The monoisotopic (exact) mass is 274 g/mol. The molecule has 0 bridgehead atoms. The second-order valence-electron chi connectivity index (χ2n) is 5.32. The minimum absolute atomic E-state index is 0.343. The van der Waals surface area contributed by atoms with E-state index in [1.807, 2.05) is 6.92 Å². The van der Waals surface area contributed by atoms with E-state index in [2.05, 4.69) is 49.1 Å². The summed E-state index contributed by atoms with van der Waals surface area (Å²) in [5.41, 5.74) is 2.39. The fourth-order valence-electron chi connectivity index (χ4n) is 1.94. The molecule has 4 nitrogen and oxygen atoms in total. The van der Waals surface area contributed by atoms with Crippen LogP contribution < -0.4 is 4.74 Å². The summed E-state index contributed by atoms with van der Waals surface area (Å²) in [6.45, 7) is 8.81. The van der Waals surface area contributed by atoms with Gasteiger partial charge in [0, 0.05) is 6.42 Å². The van der Waals surface area contributed by atoms with E-state index in [-0.39, 0.29) is 0 Å². The molecule has 0 unspecified atom stereocenters. The van der Waals surface area contributed by atoms with E-state index in [4.69, 9.17) is 9.26 Å². The second kappa shape index (κ2) is 6.55. The molecule has 2 aromatic rings. The van der Waals surface area contributed by atoms with E-state index in [0.717, 1.165) is 24.2 Å². The lowest BCUT2D eigenvalue weighted by Crippen LogP contribution is -2.00. The number of aryl methyl sites for hydroxylation is 2. The summed E-state index contributed by atoms with van der Waals surface area (Å²) in [6.07, 6.45) is 1.81. The second-order valence-corrected chi connectivity index (χ2v) is 5.32. The molecule has 0 aliphatic heterocycles. The van der Waals surface area contributed by atoms with Gasteiger partial charge in [0.2, 0.25) is 11.7 Å². The van der Waals surface area contributed by atoms with Crippen LogP contribution in [0, 0.1) is 6.92 Å². The Kier molecular flexibility index (Phi) is 4.77. The zero-order valence-corrected chi connectivity index (χ0v) is 12.6. The van der Waals surface area contributed by atoms with Crippen molar-refractivity contribution in [3.63, 3.8) is 0 Å². The fourth-order valence-corrected chi connectivity index (χ4v) is 1.94. The molecule has 0 saturated carbocycles. The molecule has 0 radical (unpaired) electrons. The number of ether oxygens (including phenoxy) is 1. The smallest absolute Gasteiger partial charge is 0.226 e. The number of hydrogen-bond donors (Lipinski definition) is 0. The SMILES string of the molecule is CCCc1nc(COc2cc(C(C)C)ccc2C)no1. The third-order valence-electron chi connectivity index (χ3n) is 3.21. The molecule has 108 valence electrons. The summed E-state index contributed by atoms with van der Waals surface area (Å²) in [5.74, 6) is 2.65. The molecule has 0 amide bonds. The van der Waals surface area contributed by atoms with Gasteiger partial charge in [-0.3, -0.25) is 0 Å². The number of hydrogen-bond acceptors (Lipinski definition) is 4. The molecule has 0 spiro atoms. The van der Waals surface area contributed by atoms with Crippen LogP contribution in [0.15, 0.2) is 22.7 Å². The van der Waals surface area contributed by atoms with Gasteiger partial charge in [-0.05, 0) is 36.5 Å². The number of nitrogens with zero attached hydrogens (tertiary/aromatic N) is 2. The van der Waals surface area contributed by atoms with Gasteiger partial charge in [0.05, 0.1) is 0 Å². The van der Waals surface area contributed by atoms with Crippen LogP contribution >= 0.6 is 0 Å². The summed E-state index contributed by atoms with van der Waals surface area (Å²) in [4.78, 5) is 4.30. The lowest BCUT2D eigenvalue weighted by Gasteiger charge is -2.11. The van der Waals surface area contributed by atoms with Crippen LogP contribution in [0.5, 0.6) is 5.75 Å². The third kappa shape index (κ3) is 3.59. The molecule has 0 atom stereocenters. The van der Waals surface area contributed by atoms with Gasteiger partial charge in [-0.2, -0.15) is 4.98 Å². The Labute approximate surface area is 120 Å². The van der Waals surface area contributed by atoms with Crippen molar-refractivity contribution in [1.82, 2.24) is 10.1 Å². The van der Waals surface area contributed by atoms with Crippen molar-refractivity contribution in [2.45, 2.75) is 53.1 Å². The Hall–Kier alpha value is -1.84. The maximum Gasteiger partial charge on any atom is 0.226 e. The Balaban J connectivity index is 2.04. The van der Waals surface area contributed by atoms with Gasteiger partial charge in [-0.15, -0.1) is 0 Å². The maximum absolute atomic E-state index is 5.82. The van der Waals surface area contributed by atoms with Gasteiger partial charge in [0.15, 0.2) is 6.61 Å². The average molecular weight is 274 g/mol. The van der Waals surface area contributed by atoms with Crippen LogP contribution in [-0.4, -0.2) is 10.1 Å². The first kappa shape index (κ1) is 14.6. The Bertz CT molecular complexity index is 561. The standard InChI is InChI=1S/C16H22N2O2/c1-5-6-16-17-15(18-20-16)10-19-14-9-13(11(2)3)8-7-12(14)4/h7-9,11H,5-6,10H2,1-4H3. The normalized spacial score (nSPS) is 11.1. The Morgan fingerprint density at radius 2 is 2.10 bits per heavy atom. The van der Waals surface area contributed by atoms with Crippen LogP contribution in [0.25, 0.3) is 0 Å². The van der Waals surface area contributed by atoms with Crippen molar-refractivity contribution in [3.8, 4) is 5.75 Å². The first-order valence-electron chi connectivity index (χ1n) is 7.15. The molecule has 0 aliphatic rings. The van der Waals surface area contributed by atoms with Crippen LogP contribution in [-0.2, 0) is 13.0 Å². The first-order valence-corrected chi connectivity index (χ1v) is 7.15. The van der Waals surface area contributed by atoms with E-state index in [0.29, 0.717) is 24.2 Å². The van der Waals surface area contributed by atoms with Gasteiger partial charge in [-0.1, -0.05) is 38.1 Å². The zero-order chi connectivity index (χ0) is 14.5. The predicted molar refractivity (Wildman–Crippen MR) is 77.9 cm³/mol. The van der Waals surface area contributed by atoms with Crippen LogP contribution in [0.2, 0.25) is 0 Å². The number of rotatable bonds is 6. The largest absolute Gasteiger partial charge is 0.485 e. The number of aromatic nitrogens is 2. The molecule has 0 fully saturated rings. The highest BCUT2D eigenvalue weighted by atomic mass is 16.5. The van der Waals surface area contributed by atoms with E-state index >= 15 is 0 Å². The van der Waals surface area contributed by atoms with Crippen molar-refractivity contribution in [2.75, 3.05) is 0 Å². The van der Waals surface area contributed by atoms with Crippen molar-refractivity contribution in [1.29, 1.82) is 0 Å². The molecule has 4 heteroatoms. The van der Waals surface area contributed by atoms with Crippen molar-refractivity contribution in [2.24, 2.45) is 0 Å². The summed E-state index contributed by atoms with van der Waals surface area (Å²) in [6, 6.07) is 6.32. The summed E-state index contributed by atoms with van der Waals surface area (Å²) in [7, 11) is 0. The Morgan fingerprint density at radius 3 is 2.80 bits per heavy atom. The number of benzene rings is 1. The predicted octanol–water partition coefficient (Wildman–Crippen LogP) is 4.03. The molecular formula is C16H22N2O2. The average Bonchev–Trinajstić information content (AvgIpc) is 2.86. The molecule has 20 heavy (non-hydrogen) atoms. The highest BCUT2D eigenvalue weighted by Crippen LogP contribution is 2.24. The molecule has 0 aliphatic carbocycles. The first-order chi connectivity index (χ1) is 9.60. The molecule has 1 aromatic carbocycles. The maximum atomic E-state index is 5.82. The van der Waals surface area contributed by atoms with Crippen molar-refractivity contribution < 1.29 is 9.26 Å². The lowest BCUT2D eigenvalue weighted by atomic mass is 10.0. The molecule has 0 saturated heterocycles. The quantitative estimate of drug-likeness (QED) is 0.797. The van der Waals surface area contributed by atoms with Crippen LogP contribution in [0.3, 0.4) is 0 Å². The Morgan fingerprint density at radius 1 is 1.30 bits per heavy atom. The van der Waals surface area contributed by atoms with E-state index in [9.17, 15) is 0 Å². The summed E-state index contributed by atoms with van der Waals surface area (Å²) in [5, 5.41) is 3.93. The molecule has 1 aromatic heterocycles. The minimum Gasteiger partial charge on any atom is -0.485 e. The van der Waals surface area contributed by atoms with Gasteiger partial charge >= 0.3 is 0 Å². The van der Waals surface area contributed by atoms with E-state index in [1.165, 1.54) is 5.56 Å². The topological polar surface area (TPSA) is 48.2 Å². The molecule has 1 heterocycles. The van der Waals surface area contributed by atoms with Gasteiger partial charge < -0.3 is 9.26 Å². The van der Waals surface area contributed by atoms with Crippen molar-refractivity contribution >= 4 is 0 Å². The molecule has 0 N–H and O–H groups in total. The lowest BCUT2D eigenvalue weighted by molar-refractivity contribution is 0.283. The summed E-state index contributed by atoms with van der Waals surface area (Å²) >= 11 is 0. The van der Waals surface area contributed by atoms with E-state index < -0.39 is 0 Å². The van der Waals surface area contributed by atoms with Crippen molar-refractivity contribution in [3.05, 3.63) is 41.0 Å². The van der Waals surface area contributed by atoms with Gasteiger partial charge in [0.1, 0.15) is 5.75 Å². The van der Waals surface area contributed by atoms with Crippen LogP contribution in [0.1, 0.15) is 56.0 Å². The van der Waals surface area contributed by atoms with Crippen LogP contribution in [0.4, 0.5) is 0 Å². The third-order valence-corrected chi connectivity index (χ3v) is 3.21. The molecule has 2 rings (SSSR count). The highest BCUT2D eigenvalue weighted by molar-refractivity contribution is 5.37. The van der Waals surface area contributed by atoms with Gasteiger partial charge in [0.25, 0.3) is 0 Å². The fraction of sp³-hybridized carbons (Fsp3) is 0.500. The zero-order valence-electron chi connectivity index (χ0n) is 12.6. The van der Waals surface area contributed by atoms with Gasteiger partial charge in [-0.25, -0.2) is 0 Å².